The summed E-state index contributed by atoms with van der Waals surface area (Å²) >= 11 is 0. The van der Waals surface area contributed by atoms with Gasteiger partial charge in [0.25, 0.3) is 0 Å². The Morgan fingerprint density at radius 2 is 1.72 bits per heavy atom. The largest absolute Gasteiger partial charge is 0.497 e. The summed E-state index contributed by atoms with van der Waals surface area (Å²) in [5, 5.41) is 3.18. The van der Waals surface area contributed by atoms with Crippen molar-refractivity contribution < 1.29 is 19.1 Å². The second kappa shape index (κ2) is 12.8. The first-order valence-corrected chi connectivity index (χ1v) is 11.0. The van der Waals surface area contributed by atoms with Crippen LogP contribution in [0.2, 0.25) is 0 Å². The van der Waals surface area contributed by atoms with Crippen LogP contribution in [-0.4, -0.2) is 49.8 Å². The molecule has 2 rings (SSSR count). The SMILES string of the molecule is COc1ccc(C=N[C@@H](CCCCNCC(=O)c2ccccc2)C(=O)OC(C)(C)C)cc1. The van der Waals surface area contributed by atoms with Gasteiger partial charge in [0, 0.05) is 11.8 Å². The number of benzene rings is 2. The fourth-order valence-corrected chi connectivity index (χ4v) is 3.00. The highest BCUT2D eigenvalue weighted by molar-refractivity contribution is 5.97. The van der Waals surface area contributed by atoms with Crippen molar-refractivity contribution >= 4 is 18.0 Å². The number of methoxy groups -OCH3 is 1. The fourth-order valence-electron chi connectivity index (χ4n) is 3.00. The van der Waals surface area contributed by atoms with Crippen molar-refractivity contribution in [3.8, 4) is 5.75 Å². The molecule has 2 aromatic rings. The zero-order valence-corrected chi connectivity index (χ0v) is 19.5. The summed E-state index contributed by atoms with van der Waals surface area (Å²) in [6.07, 6.45) is 3.90. The Bertz CT molecular complexity index is 871. The van der Waals surface area contributed by atoms with Gasteiger partial charge in [-0.15, -0.1) is 0 Å². The first-order chi connectivity index (χ1) is 15.3. The van der Waals surface area contributed by atoms with Gasteiger partial charge < -0.3 is 14.8 Å². The Morgan fingerprint density at radius 3 is 2.34 bits per heavy atom. The second-order valence-corrected chi connectivity index (χ2v) is 8.56. The molecule has 6 heteroatoms. The molecule has 0 aliphatic carbocycles. The lowest BCUT2D eigenvalue weighted by Gasteiger charge is -2.22. The predicted octanol–water partition coefficient (Wildman–Crippen LogP) is 4.47. The molecule has 1 N–H and O–H groups in total. The van der Waals surface area contributed by atoms with Crippen molar-refractivity contribution in [1.29, 1.82) is 0 Å². The van der Waals surface area contributed by atoms with E-state index in [1.807, 2.05) is 75.4 Å². The van der Waals surface area contributed by atoms with Crippen molar-refractivity contribution in [3.63, 3.8) is 0 Å². The third-order valence-electron chi connectivity index (χ3n) is 4.66. The maximum Gasteiger partial charge on any atom is 0.331 e. The maximum absolute atomic E-state index is 12.6. The number of esters is 1. The molecule has 0 radical (unpaired) electrons. The van der Waals surface area contributed by atoms with Gasteiger partial charge in [-0.25, -0.2) is 4.79 Å². The van der Waals surface area contributed by atoms with Gasteiger partial charge in [-0.1, -0.05) is 30.3 Å². The summed E-state index contributed by atoms with van der Waals surface area (Å²) in [5.74, 6) is 0.514. The first kappa shape index (κ1) is 25.3. The standard InChI is InChI=1S/C26H34N2O4/c1-26(2,3)32-25(30)23(28-18-20-13-15-22(31-4)16-14-20)12-8-9-17-27-19-24(29)21-10-6-5-7-11-21/h5-7,10-11,13-16,18,23,27H,8-9,12,17,19H2,1-4H3/t23-/m0/s1. The molecule has 6 nitrogen and oxygen atoms in total. The smallest absolute Gasteiger partial charge is 0.331 e. The monoisotopic (exact) mass is 438 g/mol. The summed E-state index contributed by atoms with van der Waals surface area (Å²) < 4.78 is 10.7. The Hall–Kier alpha value is -2.99. The molecule has 0 aliphatic rings. The molecule has 0 bridgehead atoms. The molecule has 0 aromatic heterocycles. The van der Waals surface area contributed by atoms with Crippen LogP contribution in [0.15, 0.2) is 59.6 Å². The fraction of sp³-hybridized carbons (Fsp3) is 0.423. The Labute approximate surface area is 191 Å². The molecule has 0 heterocycles. The maximum atomic E-state index is 12.6. The van der Waals surface area contributed by atoms with E-state index in [4.69, 9.17) is 9.47 Å². The van der Waals surface area contributed by atoms with E-state index < -0.39 is 11.6 Å². The van der Waals surface area contributed by atoms with Gasteiger partial charge in [0.1, 0.15) is 17.4 Å². The highest BCUT2D eigenvalue weighted by Crippen LogP contribution is 2.15. The normalized spacial score (nSPS) is 12.5. The van der Waals surface area contributed by atoms with E-state index in [1.165, 1.54) is 0 Å². The van der Waals surface area contributed by atoms with E-state index >= 15 is 0 Å². The van der Waals surface area contributed by atoms with Crippen molar-refractivity contribution in [2.45, 2.75) is 51.7 Å². The summed E-state index contributed by atoms with van der Waals surface area (Å²) in [7, 11) is 1.62. The molecule has 32 heavy (non-hydrogen) atoms. The lowest BCUT2D eigenvalue weighted by Crippen LogP contribution is -2.31. The van der Waals surface area contributed by atoms with Crippen LogP contribution in [-0.2, 0) is 9.53 Å². The number of rotatable bonds is 12. The van der Waals surface area contributed by atoms with Crippen molar-refractivity contribution in [1.82, 2.24) is 5.32 Å². The number of carbonyl (C=O) groups excluding carboxylic acids is 2. The molecule has 0 amide bonds. The number of carbonyl (C=O) groups is 2. The van der Waals surface area contributed by atoms with Gasteiger partial charge in [0.2, 0.25) is 0 Å². The first-order valence-electron chi connectivity index (χ1n) is 11.0. The molecule has 0 saturated carbocycles. The number of hydrogen-bond acceptors (Lipinski definition) is 6. The number of aliphatic imine (C=N–C) groups is 1. The average Bonchev–Trinajstić information content (AvgIpc) is 2.77. The van der Waals surface area contributed by atoms with Gasteiger partial charge in [0.15, 0.2) is 5.78 Å². The number of nitrogens with one attached hydrogen (secondary N) is 1. The summed E-state index contributed by atoms with van der Waals surface area (Å²) in [5.41, 5.74) is 1.03. The molecular weight excluding hydrogens is 404 g/mol. The Morgan fingerprint density at radius 1 is 1.03 bits per heavy atom. The number of hydrogen-bond donors (Lipinski definition) is 1. The third-order valence-corrected chi connectivity index (χ3v) is 4.66. The highest BCUT2D eigenvalue weighted by Gasteiger charge is 2.24. The highest BCUT2D eigenvalue weighted by atomic mass is 16.6. The number of unbranched alkanes of at least 4 members (excludes halogenated alkanes) is 1. The van der Waals surface area contributed by atoms with Crippen LogP contribution in [0.5, 0.6) is 5.75 Å². The minimum Gasteiger partial charge on any atom is -0.497 e. The van der Waals surface area contributed by atoms with Crippen LogP contribution in [0.1, 0.15) is 56.0 Å². The van der Waals surface area contributed by atoms with Gasteiger partial charge in [0.05, 0.1) is 13.7 Å². The van der Waals surface area contributed by atoms with Crippen LogP contribution in [0, 0.1) is 0 Å². The third kappa shape index (κ3) is 9.43. The van der Waals surface area contributed by atoms with Gasteiger partial charge in [-0.3, -0.25) is 9.79 Å². The lowest BCUT2D eigenvalue weighted by atomic mass is 10.1. The molecular formula is C26H34N2O4. The molecule has 0 fully saturated rings. The molecule has 0 spiro atoms. The predicted molar refractivity (Wildman–Crippen MR) is 128 cm³/mol. The number of Topliss-reactive ketones (excluding diaryl/α,β-unsaturated/α-hetero) is 1. The minimum absolute atomic E-state index is 0.0707. The Kier molecular flexibility index (Phi) is 10.1. The average molecular weight is 439 g/mol. The lowest BCUT2D eigenvalue weighted by molar-refractivity contribution is -0.156. The summed E-state index contributed by atoms with van der Waals surface area (Å²) in [6, 6.07) is 16.2. The van der Waals surface area contributed by atoms with Gasteiger partial charge in [-0.2, -0.15) is 0 Å². The van der Waals surface area contributed by atoms with Crippen LogP contribution < -0.4 is 10.1 Å². The van der Waals surface area contributed by atoms with E-state index in [0.717, 1.165) is 24.2 Å². The van der Waals surface area contributed by atoms with Crippen molar-refractivity contribution in [2.75, 3.05) is 20.2 Å². The summed E-state index contributed by atoms with van der Waals surface area (Å²) in [6.45, 7) is 6.55. The van der Waals surface area contributed by atoms with Crippen LogP contribution in [0.25, 0.3) is 0 Å². The molecule has 172 valence electrons. The van der Waals surface area contributed by atoms with E-state index in [1.54, 1.807) is 13.3 Å². The molecule has 0 aliphatic heterocycles. The Balaban J connectivity index is 1.84. The van der Waals surface area contributed by atoms with Crippen molar-refractivity contribution in [2.24, 2.45) is 4.99 Å². The van der Waals surface area contributed by atoms with Crippen LogP contribution >= 0.6 is 0 Å². The van der Waals surface area contributed by atoms with E-state index in [9.17, 15) is 9.59 Å². The van der Waals surface area contributed by atoms with E-state index in [2.05, 4.69) is 10.3 Å². The minimum atomic E-state index is -0.567. The topological polar surface area (TPSA) is 77.0 Å². The zero-order chi connectivity index (χ0) is 23.4. The van der Waals surface area contributed by atoms with Gasteiger partial charge in [-0.05, 0) is 76.4 Å². The van der Waals surface area contributed by atoms with Crippen LogP contribution in [0.4, 0.5) is 0 Å². The number of nitrogens with zero attached hydrogens (tertiary/aromatic N) is 1. The number of ether oxygens (including phenoxy) is 2. The molecule has 0 unspecified atom stereocenters. The zero-order valence-electron chi connectivity index (χ0n) is 19.5. The van der Waals surface area contributed by atoms with Crippen LogP contribution in [0.3, 0.4) is 0 Å². The second-order valence-electron chi connectivity index (χ2n) is 8.56. The number of ketones is 1. The molecule has 0 saturated heterocycles. The van der Waals surface area contributed by atoms with E-state index in [0.29, 0.717) is 25.1 Å². The van der Waals surface area contributed by atoms with E-state index in [-0.39, 0.29) is 11.8 Å². The summed E-state index contributed by atoms with van der Waals surface area (Å²) in [4.78, 5) is 29.3. The van der Waals surface area contributed by atoms with Crippen molar-refractivity contribution in [3.05, 3.63) is 65.7 Å². The molecule has 1 atom stereocenters. The van der Waals surface area contributed by atoms with Gasteiger partial charge >= 0.3 is 5.97 Å². The quantitative estimate of drug-likeness (QED) is 0.229. The molecule has 2 aromatic carbocycles.